The molecule has 2 rings (SSSR count). The monoisotopic (exact) mass is 857 g/mol. The minimum Gasteiger partial charge on any atom is -0.457 e. The van der Waals surface area contributed by atoms with E-state index in [1.165, 1.54) is 51.4 Å². The SMILES string of the molecule is CC/C=C\C/C=C\C/C=C\C/C=C\CCCCCCCCCCCCCOCC(COC1OC(COC2OC(CO)C(O)C(O)C2O)C(O)C(O)C1O)OC(=O)CCCC. The van der Waals surface area contributed by atoms with Gasteiger partial charge in [-0.3, -0.25) is 4.79 Å². The van der Waals surface area contributed by atoms with Gasteiger partial charge in [-0.25, -0.2) is 0 Å². The van der Waals surface area contributed by atoms with Crippen LogP contribution in [-0.2, 0) is 33.2 Å². The van der Waals surface area contributed by atoms with Crippen LogP contribution in [0.2, 0.25) is 0 Å². The minimum absolute atomic E-state index is 0.0545. The normalized spacial score (nSPS) is 28.1. The van der Waals surface area contributed by atoms with Crippen molar-refractivity contribution in [1.82, 2.24) is 0 Å². The van der Waals surface area contributed by atoms with E-state index in [1.807, 2.05) is 6.92 Å². The van der Waals surface area contributed by atoms with Gasteiger partial charge in [0.15, 0.2) is 12.6 Å². The first-order valence-electron chi connectivity index (χ1n) is 22.7. The zero-order chi connectivity index (χ0) is 43.8. The Kier molecular flexibility index (Phi) is 31.0. The Morgan fingerprint density at radius 2 is 1.07 bits per heavy atom. The van der Waals surface area contributed by atoms with Crippen molar-refractivity contribution in [2.45, 2.75) is 203 Å². The average Bonchev–Trinajstić information content (AvgIpc) is 3.25. The van der Waals surface area contributed by atoms with Gasteiger partial charge in [0.2, 0.25) is 0 Å². The Labute approximate surface area is 359 Å². The quantitative estimate of drug-likeness (QED) is 0.0251. The zero-order valence-corrected chi connectivity index (χ0v) is 36.4. The summed E-state index contributed by atoms with van der Waals surface area (Å²) in [6.07, 6.45) is 21.8. The molecular formula is C46H80O14. The maximum absolute atomic E-state index is 12.5. The van der Waals surface area contributed by atoms with E-state index in [0.717, 1.165) is 57.8 Å². The highest BCUT2D eigenvalue weighted by Gasteiger charge is 2.47. The summed E-state index contributed by atoms with van der Waals surface area (Å²) in [5, 5.41) is 71.4. The van der Waals surface area contributed by atoms with Gasteiger partial charge in [-0.1, -0.05) is 127 Å². The van der Waals surface area contributed by atoms with Crippen LogP contribution < -0.4 is 0 Å². The van der Waals surface area contributed by atoms with Crippen molar-refractivity contribution in [3.05, 3.63) is 48.6 Å². The number of esters is 1. The molecule has 60 heavy (non-hydrogen) atoms. The molecule has 0 spiro atoms. The molecule has 0 radical (unpaired) electrons. The van der Waals surface area contributed by atoms with Crippen molar-refractivity contribution in [2.75, 3.05) is 33.0 Å². The van der Waals surface area contributed by atoms with Gasteiger partial charge in [-0.15, -0.1) is 0 Å². The van der Waals surface area contributed by atoms with Crippen molar-refractivity contribution in [2.24, 2.45) is 0 Å². The van der Waals surface area contributed by atoms with Crippen LogP contribution in [0.3, 0.4) is 0 Å². The van der Waals surface area contributed by atoms with Crippen LogP contribution in [0.15, 0.2) is 48.6 Å². The Balaban J connectivity index is 1.60. The molecular weight excluding hydrogens is 776 g/mol. The van der Waals surface area contributed by atoms with Gasteiger partial charge in [-0.05, 0) is 51.4 Å². The molecule has 11 unspecified atom stereocenters. The smallest absolute Gasteiger partial charge is 0.306 e. The lowest BCUT2D eigenvalue weighted by molar-refractivity contribution is -0.332. The van der Waals surface area contributed by atoms with E-state index in [-0.39, 0.29) is 19.6 Å². The molecule has 0 amide bonds. The van der Waals surface area contributed by atoms with Crippen molar-refractivity contribution in [1.29, 1.82) is 0 Å². The molecule has 2 aliphatic rings. The number of aliphatic hydroxyl groups excluding tert-OH is 7. The van der Waals surface area contributed by atoms with Crippen LogP contribution in [0.5, 0.6) is 0 Å². The molecule has 14 nitrogen and oxygen atoms in total. The van der Waals surface area contributed by atoms with E-state index in [0.29, 0.717) is 13.0 Å². The Bertz CT molecular complexity index is 1180. The number of carbonyl (C=O) groups is 1. The topological polar surface area (TPSA) is 214 Å². The highest BCUT2D eigenvalue weighted by Crippen LogP contribution is 2.26. The number of aliphatic hydroxyl groups is 7. The molecule has 0 bridgehead atoms. The third-order valence-electron chi connectivity index (χ3n) is 10.6. The van der Waals surface area contributed by atoms with Gasteiger partial charge in [0.05, 0.1) is 26.4 Å². The highest BCUT2D eigenvalue weighted by molar-refractivity contribution is 5.69. The third kappa shape index (κ3) is 22.9. The Morgan fingerprint density at radius 1 is 0.567 bits per heavy atom. The lowest BCUT2D eigenvalue weighted by Crippen LogP contribution is -2.61. The predicted octanol–water partition coefficient (Wildman–Crippen LogP) is 5.23. The van der Waals surface area contributed by atoms with Gasteiger partial charge in [-0.2, -0.15) is 0 Å². The molecule has 2 aliphatic heterocycles. The molecule has 11 atom stereocenters. The number of carbonyl (C=O) groups excluding carboxylic acids is 1. The standard InChI is InChI=1S/C46H80O14/c1-3-5-7-8-9-10-11-12-13-14-15-16-17-18-19-20-21-22-23-24-25-26-27-28-30-55-32-35(58-38(48)29-6-4-2)33-56-45-44(54)42(52)40(50)37(60-45)34-57-46-43(53)41(51)39(49)36(31-47)59-46/h5,7,9-10,12-13,15-16,35-37,39-47,49-54H,3-4,6,8,11,14,17-34H2,1-2H3/b7-5-,10-9-,13-12-,16-15-. The maximum atomic E-state index is 12.5. The number of rotatable bonds is 34. The fourth-order valence-corrected chi connectivity index (χ4v) is 6.84. The molecule has 2 saturated heterocycles. The van der Waals surface area contributed by atoms with Crippen molar-refractivity contribution >= 4 is 5.97 Å². The number of hydrogen-bond donors (Lipinski definition) is 7. The number of ether oxygens (including phenoxy) is 6. The second kappa shape index (κ2) is 34.4. The summed E-state index contributed by atoms with van der Waals surface area (Å²) in [6, 6.07) is 0. The van der Waals surface area contributed by atoms with E-state index in [9.17, 15) is 40.5 Å². The first-order valence-corrected chi connectivity index (χ1v) is 22.7. The molecule has 0 aromatic heterocycles. The summed E-state index contributed by atoms with van der Waals surface area (Å²) in [6.45, 7) is 3.28. The first-order chi connectivity index (χ1) is 29.1. The molecule has 348 valence electrons. The second-order valence-corrected chi connectivity index (χ2v) is 15.8. The molecule has 0 aromatic rings. The van der Waals surface area contributed by atoms with Crippen LogP contribution in [0.25, 0.3) is 0 Å². The van der Waals surface area contributed by atoms with E-state index in [2.05, 4.69) is 55.5 Å². The third-order valence-corrected chi connectivity index (χ3v) is 10.6. The summed E-state index contributed by atoms with van der Waals surface area (Å²) in [4.78, 5) is 12.5. The molecule has 7 N–H and O–H groups in total. The minimum atomic E-state index is -1.70. The molecule has 0 aromatic carbocycles. The summed E-state index contributed by atoms with van der Waals surface area (Å²) in [7, 11) is 0. The molecule has 0 saturated carbocycles. The fourth-order valence-electron chi connectivity index (χ4n) is 6.84. The Morgan fingerprint density at radius 3 is 1.63 bits per heavy atom. The van der Waals surface area contributed by atoms with Crippen LogP contribution in [0.4, 0.5) is 0 Å². The van der Waals surface area contributed by atoms with E-state index in [4.69, 9.17) is 28.4 Å². The lowest BCUT2D eigenvalue weighted by Gasteiger charge is -2.42. The van der Waals surface area contributed by atoms with Crippen LogP contribution in [-0.4, -0.2) is 142 Å². The molecule has 2 heterocycles. The van der Waals surface area contributed by atoms with Crippen LogP contribution in [0.1, 0.15) is 136 Å². The summed E-state index contributed by atoms with van der Waals surface area (Å²) in [5.41, 5.74) is 0. The van der Waals surface area contributed by atoms with Crippen molar-refractivity contribution in [3.63, 3.8) is 0 Å². The molecule has 2 fully saturated rings. The maximum Gasteiger partial charge on any atom is 0.306 e. The van der Waals surface area contributed by atoms with Crippen molar-refractivity contribution in [3.8, 4) is 0 Å². The van der Waals surface area contributed by atoms with Gasteiger partial charge < -0.3 is 64.2 Å². The van der Waals surface area contributed by atoms with Gasteiger partial charge in [0.25, 0.3) is 0 Å². The lowest BCUT2D eigenvalue weighted by atomic mass is 9.98. The van der Waals surface area contributed by atoms with Gasteiger partial charge in [0, 0.05) is 13.0 Å². The van der Waals surface area contributed by atoms with E-state index < -0.39 is 86.7 Å². The van der Waals surface area contributed by atoms with Crippen molar-refractivity contribution < 1.29 is 69.0 Å². The largest absolute Gasteiger partial charge is 0.457 e. The van der Waals surface area contributed by atoms with Crippen LogP contribution >= 0.6 is 0 Å². The number of hydrogen-bond acceptors (Lipinski definition) is 14. The first kappa shape index (κ1) is 54.1. The predicted molar refractivity (Wildman–Crippen MR) is 229 cm³/mol. The van der Waals surface area contributed by atoms with E-state index >= 15 is 0 Å². The molecule has 14 heteroatoms. The summed E-state index contributed by atoms with van der Waals surface area (Å²) < 4.78 is 33.7. The summed E-state index contributed by atoms with van der Waals surface area (Å²) >= 11 is 0. The van der Waals surface area contributed by atoms with Crippen LogP contribution in [0, 0.1) is 0 Å². The fraction of sp³-hybridized carbons (Fsp3) is 0.804. The zero-order valence-electron chi connectivity index (χ0n) is 36.4. The number of allylic oxidation sites excluding steroid dienone is 8. The number of unbranched alkanes of at least 4 members (excludes halogenated alkanes) is 12. The second-order valence-electron chi connectivity index (χ2n) is 15.8. The molecule has 0 aliphatic carbocycles. The summed E-state index contributed by atoms with van der Waals surface area (Å²) in [5.74, 6) is -0.415. The van der Waals surface area contributed by atoms with Gasteiger partial charge in [0.1, 0.15) is 54.9 Å². The highest BCUT2D eigenvalue weighted by atomic mass is 16.7. The Hall–Kier alpha value is -2.05. The van der Waals surface area contributed by atoms with E-state index in [1.54, 1.807) is 0 Å². The average molecular weight is 857 g/mol. The van der Waals surface area contributed by atoms with Gasteiger partial charge >= 0.3 is 5.97 Å².